The van der Waals surface area contributed by atoms with E-state index in [-0.39, 0.29) is 0 Å². The van der Waals surface area contributed by atoms with Gasteiger partial charge in [0.15, 0.2) is 5.65 Å². The van der Waals surface area contributed by atoms with Crippen LogP contribution < -0.4 is 4.90 Å². The molecule has 0 spiro atoms. The highest BCUT2D eigenvalue weighted by Crippen LogP contribution is 2.25. The van der Waals surface area contributed by atoms with E-state index >= 15 is 0 Å². The Morgan fingerprint density at radius 2 is 2.14 bits per heavy atom. The van der Waals surface area contributed by atoms with E-state index in [1.165, 1.54) is 0 Å². The van der Waals surface area contributed by atoms with Gasteiger partial charge in [-0.3, -0.25) is 0 Å². The van der Waals surface area contributed by atoms with Gasteiger partial charge < -0.3 is 14.7 Å². The average Bonchev–Trinajstić information content (AvgIpc) is 2.87. The smallest absolute Gasteiger partial charge is 0.158 e. The van der Waals surface area contributed by atoms with Gasteiger partial charge in [0.1, 0.15) is 5.82 Å². The molecule has 0 aliphatic carbocycles. The van der Waals surface area contributed by atoms with E-state index in [4.69, 9.17) is 9.72 Å². The zero-order valence-corrected chi connectivity index (χ0v) is 13.0. The molecule has 1 aromatic carbocycles. The Labute approximate surface area is 128 Å². The van der Waals surface area contributed by atoms with Gasteiger partial charge in [0.25, 0.3) is 0 Å². The molecule has 3 rings (SSSR count). The Kier molecular flexibility index (Phi) is 3.96. The second kappa shape index (κ2) is 5.90. The molecule has 2 heterocycles. The highest BCUT2D eigenvalue weighted by Gasteiger charge is 2.15. The number of aliphatic hydroxyl groups is 1. The number of fused-ring (bicyclic) bond motifs is 3. The van der Waals surface area contributed by atoms with Crippen molar-refractivity contribution >= 4 is 22.4 Å². The molecular formula is C16H20N4O2. The molecule has 0 radical (unpaired) electrons. The summed E-state index contributed by atoms with van der Waals surface area (Å²) in [6.45, 7) is 2.71. The zero-order chi connectivity index (χ0) is 15.7. The highest BCUT2D eigenvalue weighted by atomic mass is 16.5. The summed E-state index contributed by atoms with van der Waals surface area (Å²) in [6, 6.07) is 9.97. The Bertz CT molecular complexity index is 799. The molecule has 1 N–H and O–H groups in total. The first-order chi connectivity index (χ1) is 10.6. The van der Waals surface area contributed by atoms with Crippen LogP contribution in [0.1, 0.15) is 5.69 Å². The maximum Gasteiger partial charge on any atom is 0.158 e. The predicted molar refractivity (Wildman–Crippen MR) is 86.4 cm³/mol. The Hall–Kier alpha value is -2.18. The van der Waals surface area contributed by atoms with Crippen molar-refractivity contribution in [3.05, 3.63) is 36.0 Å². The number of methoxy groups -OCH3 is 1. The lowest BCUT2D eigenvalue weighted by atomic mass is 10.2. The Balaban J connectivity index is 2.10. The molecule has 0 saturated heterocycles. The van der Waals surface area contributed by atoms with Gasteiger partial charge in [-0.1, -0.05) is 12.1 Å². The van der Waals surface area contributed by atoms with Crippen molar-refractivity contribution in [2.45, 2.75) is 13.0 Å². The number of rotatable bonds is 5. The molecule has 22 heavy (non-hydrogen) atoms. The van der Waals surface area contributed by atoms with Gasteiger partial charge in [-0.05, 0) is 19.1 Å². The number of hydrogen-bond acceptors (Lipinski definition) is 5. The molecule has 0 saturated carbocycles. The predicted octanol–water partition coefficient (Wildman–Crippen LogP) is 1.63. The second-order valence-electron chi connectivity index (χ2n) is 5.50. The maximum absolute atomic E-state index is 9.96. The average molecular weight is 300 g/mol. The lowest BCUT2D eigenvalue weighted by molar-refractivity contribution is 0.0694. The highest BCUT2D eigenvalue weighted by molar-refractivity contribution is 5.91. The summed E-state index contributed by atoms with van der Waals surface area (Å²) in [5.41, 5.74) is 2.74. The molecule has 1 unspecified atom stereocenters. The van der Waals surface area contributed by atoms with Crippen molar-refractivity contribution in [3.63, 3.8) is 0 Å². The summed E-state index contributed by atoms with van der Waals surface area (Å²) in [5, 5.41) is 15.5. The molecule has 0 bridgehead atoms. The number of ether oxygens (including phenoxy) is 1. The third-order valence-electron chi connectivity index (χ3n) is 3.61. The van der Waals surface area contributed by atoms with Crippen LogP contribution in [-0.4, -0.2) is 53.1 Å². The van der Waals surface area contributed by atoms with E-state index in [0.717, 1.165) is 28.1 Å². The van der Waals surface area contributed by atoms with E-state index < -0.39 is 6.10 Å². The summed E-state index contributed by atoms with van der Waals surface area (Å²) in [6.07, 6.45) is -0.557. The van der Waals surface area contributed by atoms with E-state index in [2.05, 4.69) is 5.10 Å². The number of para-hydroxylation sites is 1. The van der Waals surface area contributed by atoms with Crippen LogP contribution in [0.15, 0.2) is 30.3 Å². The van der Waals surface area contributed by atoms with Gasteiger partial charge in [0.05, 0.1) is 23.9 Å². The largest absolute Gasteiger partial charge is 0.389 e. The standard InChI is InChI=1S/C16H20N4O2/c1-11-8-15-17-16(19(2)9-12(21)10-22-3)13-6-4-5-7-14(13)20(15)18-11/h4-8,12,21H,9-10H2,1-3H3. The van der Waals surface area contributed by atoms with Crippen LogP contribution in [0.3, 0.4) is 0 Å². The van der Waals surface area contributed by atoms with Gasteiger partial charge in [-0.15, -0.1) is 0 Å². The molecule has 6 nitrogen and oxygen atoms in total. The topological polar surface area (TPSA) is 62.9 Å². The fourth-order valence-electron chi connectivity index (χ4n) is 2.70. The Morgan fingerprint density at radius 1 is 1.36 bits per heavy atom. The van der Waals surface area contributed by atoms with Crippen molar-refractivity contribution < 1.29 is 9.84 Å². The number of hydrogen-bond donors (Lipinski definition) is 1. The molecule has 116 valence electrons. The molecule has 1 atom stereocenters. The number of nitrogens with zero attached hydrogens (tertiary/aromatic N) is 4. The SMILES string of the molecule is COCC(O)CN(C)c1nc2cc(C)nn2c2ccccc12. The number of aromatic nitrogens is 3. The minimum absolute atomic E-state index is 0.302. The van der Waals surface area contributed by atoms with Crippen molar-refractivity contribution in [2.24, 2.45) is 0 Å². The third-order valence-corrected chi connectivity index (χ3v) is 3.61. The first kappa shape index (κ1) is 14.7. The molecule has 0 aliphatic heterocycles. The normalized spacial score (nSPS) is 12.9. The summed E-state index contributed by atoms with van der Waals surface area (Å²) < 4.78 is 6.84. The van der Waals surface area contributed by atoms with Crippen molar-refractivity contribution in [2.75, 3.05) is 32.2 Å². The lowest BCUT2D eigenvalue weighted by Gasteiger charge is -2.23. The minimum atomic E-state index is -0.557. The van der Waals surface area contributed by atoms with Crippen molar-refractivity contribution in [1.29, 1.82) is 0 Å². The molecule has 0 amide bonds. The number of aliphatic hydroxyl groups excluding tert-OH is 1. The fraction of sp³-hybridized carbons (Fsp3) is 0.375. The molecule has 2 aromatic heterocycles. The maximum atomic E-state index is 9.96. The van der Waals surface area contributed by atoms with Crippen LogP contribution in [0.4, 0.5) is 5.82 Å². The summed E-state index contributed by atoms with van der Waals surface area (Å²) >= 11 is 0. The molecule has 0 aliphatic rings. The summed E-state index contributed by atoms with van der Waals surface area (Å²) in [7, 11) is 3.51. The fourth-order valence-corrected chi connectivity index (χ4v) is 2.70. The first-order valence-electron chi connectivity index (χ1n) is 7.23. The first-order valence-corrected chi connectivity index (χ1v) is 7.23. The molecule has 6 heteroatoms. The number of aryl methyl sites for hydroxylation is 1. The van der Waals surface area contributed by atoms with E-state index in [9.17, 15) is 5.11 Å². The van der Waals surface area contributed by atoms with Gasteiger partial charge in [0, 0.05) is 32.2 Å². The monoisotopic (exact) mass is 300 g/mol. The van der Waals surface area contributed by atoms with Crippen LogP contribution in [0.5, 0.6) is 0 Å². The number of benzene rings is 1. The molecular weight excluding hydrogens is 280 g/mol. The Morgan fingerprint density at radius 3 is 2.91 bits per heavy atom. The quantitative estimate of drug-likeness (QED) is 0.776. The number of anilines is 1. The number of likely N-dealkylation sites (N-methyl/N-ethyl adjacent to an activating group) is 1. The van der Waals surface area contributed by atoms with Crippen molar-refractivity contribution in [1.82, 2.24) is 14.6 Å². The third kappa shape index (κ3) is 2.63. The second-order valence-corrected chi connectivity index (χ2v) is 5.50. The van der Waals surface area contributed by atoms with E-state index in [1.54, 1.807) is 7.11 Å². The van der Waals surface area contributed by atoms with E-state index in [0.29, 0.717) is 13.2 Å². The van der Waals surface area contributed by atoms with Gasteiger partial charge in [0.2, 0.25) is 0 Å². The lowest BCUT2D eigenvalue weighted by Crippen LogP contribution is -2.32. The van der Waals surface area contributed by atoms with Crippen LogP contribution in [0.2, 0.25) is 0 Å². The van der Waals surface area contributed by atoms with Crippen LogP contribution in [0, 0.1) is 6.92 Å². The van der Waals surface area contributed by atoms with Crippen molar-refractivity contribution in [3.8, 4) is 0 Å². The van der Waals surface area contributed by atoms with E-state index in [1.807, 2.05) is 53.7 Å². The zero-order valence-electron chi connectivity index (χ0n) is 13.0. The summed E-state index contributed by atoms with van der Waals surface area (Å²) in [4.78, 5) is 6.66. The minimum Gasteiger partial charge on any atom is -0.389 e. The van der Waals surface area contributed by atoms with Crippen LogP contribution >= 0.6 is 0 Å². The summed E-state index contributed by atoms with van der Waals surface area (Å²) in [5.74, 6) is 0.832. The molecule has 3 aromatic rings. The van der Waals surface area contributed by atoms with Gasteiger partial charge in [-0.2, -0.15) is 5.10 Å². The molecule has 0 fully saturated rings. The van der Waals surface area contributed by atoms with Crippen LogP contribution in [-0.2, 0) is 4.74 Å². The van der Waals surface area contributed by atoms with Crippen LogP contribution in [0.25, 0.3) is 16.6 Å². The van der Waals surface area contributed by atoms with Gasteiger partial charge >= 0.3 is 0 Å². The van der Waals surface area contributed by atoms with Gasteiger partial charge in [-0.25, -0.2) is 9.50 Å².